The molecule has 0 spiro atoms. The summed E-state index contributed by atoms with van der Waals surface area (Å²) in [4.78, 5) is 16.6. The van der Waals surface area contributed by atoms with E-state index in [9.17, 15) is 4.79 Å². The van der Waals surface area contributed by atoms with E-state index in [4.69, 9.17) is 4.74 Å². The van der Waals surface area contributed by atoms with Crippen LogP contribution in [0, 0.1) is 13.8 Å². The molecule has 2 aromatic rings. The van der Waals surface area contributed by atoms with Gasteiger partial charge in [0.1, 0.15) is 0 Å². The first-order valence-corrected chi connectivity index (χ1v) is 7.21. The van der Waals surface area contributed by atoms with E-state index in [1.165, 1.54) is 18.4 Å². The molecule has 1 heterocycles. The SMILES string of the molecule is COC(=O)c1nc(Nc2ccc(Br)cc2C)sc1C. The van der Waals surface area contributed by atoms with Gasteiger partial charge in [-0.05, 0) is 37.6 Å². The molecule has 6 heteroatoms. The Morgan fingerprint density at radius 3 is 2.79 bits per heavy atom. The van der Waals surface area contributed by atoms with Crippen LogP contribution in [0.25, 0.3) is 0 Å². The summed E-state index contributed by atoms with van der Waals surface area (Å²) >= 11 is 4.85. The van der Waals surface area contributed by atoms with E-state index >= 15 is 0 Å². The third-order valence-electron chi connectivity index (χ3n) is 2.61. The Bertz CT molecular complexity index is 625. The zero-order valence-corrected chi connectivity index (χ0v) is 13.2. The molecule has 0 saturated carbocycles. The van der Waals surface area contributed by atoms with E-state index in [2.05, 4.69) is 26.2 Å². The van der Waals surface area contributed by atoms with Gasteiger partial charge in [0.15, 0.2) is 10.8 Å². The number of aryl methyl sites for hydroxylation is 2. The predicted molar refractivity (Wildman–Crippen MR) is 80.4 cm³/mol. The monoisotopic (exact) mass is 340 g/mol. The summed E-state index contributed by atoms with van der Waals surface area (Å²) in [7, 11) is 1.35. The summed E-state index contributed by atoms with van der Waals surface area (Å²) in [6.45, 7) is 3.86. The summed E-state index contributed by atoms with van der Waals surface area (Å²) in [5.41, 5.74) is 2.43. The molecule has 2 rings (SSSR count). The molecule has 0 unspecified atom stereocenters. The number of thiazole rings is 1. The number of rotatable bonds is 3. The summed E-state index contributed by atoms with van der Waals surface area (Å²) in [6.07, 6.45) is 0. The first-order chi connectivity index (χ1) is 9.01. The number of carbonyl (C=O) groups excluding carboxylic acids is 1. The van der Waals surface area contributed by atoms with Crippen molar-refractivity contribution < 1.29 is 9.53 Å². The molecule has 0 aliphatic carbocycles. The Hall–Kier alpha value is -1.40. The number of esters is 1. The molecule has 1 aromatic heterocycles. The minimum Gasteiger partial charge on any atom is -0.464 e. The number of halogens is 1. The van der Waals surface area contributed by atoms with Gasteiger partial charge in [-0.25, -0.2) is 9.78 Å². The van der Waals surface area contributed by atoms with Crippen molar-refractivity contribution in [2.24, 2.45) is 0 Å². The molecule has 0 amide bonds. The lowest BCUT2D eigenvalue weighted by molar-refractivity contribution is 0.0594. The predicted octanol–water partition coefficient (Wildman–Crippen LogP) is 4.05. The molecule has 0 fully saturated rings. The molecule has 4 nitrogen and oxygen atoms in total. The Balaban J connectivity index is 2.26. The van der Waals surface area contributed by atoms with Crippen molar-refractivity contribution in [2.75, 3.05) is 12.4 Å². The highest BCUT2D eigenvalue weighted by molar-refractivity contribution is 9.10. The molecule has 0 bridgehead atoms. The van der Waals surface area contributed by atoms with Gasteiger partial charge < -0.3 is 10.1 Å². The quantitative estimate of drug-likeness (QED) is 0.856. The lowest BCUT2D eigenvalue weighted by Gasteiger charge is -2.06. The van der Waals surface area contributed by atoms with Crippen LogP contribution in [-0.4, -0.2) is 18.1 Å². The maximum absolute atomic E-state index is 11.5. The second-order valence-corrected chi connectivity index (χ2v) is 6.12. The Labute approximate surface area is 124 Å². The van der Waals surface area contributed by atoms with Crippen LogP contribution in [0.2, 0.25) is 0 Å². The van der Waals surface area contributed by atoms with Crippen LogP contribution < -0.4 is 5.32 Å². The highest BCUT2D eigenvalue weighted by atomic mass is 79.9. The van der Waals surface area contributed by atoms with Crippen molar-refractivity contribution in [3.05, 3.63) is 38.8 Å². The zero-order valence-electron chi connectivity index (χ0n) is 10.8. The number of nitrogens with one attached hydrogen (secondary N) is 1. The standard InChI is InChI=1S/C13H13BrN2O2S/c1-7-6-9(14)4-5-10(7)15-13-16-11(8(2)19-13)12(17)18-3/h4-6H,1-3H3,(H,15,16). The van der Waals surface area contributed by atoms with Gasteiger partial charge in [-0.3, -0.25) is 0 Å². The molecular formula is C13H13BrN2O2S. The van der Waals surface area contributed by atoms with Gasteiger partial charge in [-0.2, -0.15) is 0 Å². The van der Waals surface area contributed by atoms with Crippen LogP contribution in [-0.2, 0) is 4.74 Å². The van der Waals surface area contributed by atoms with Crippen LogP contribution in [0.15, 0.2) is 22.7 Å². The maximum atomic E-state index is 11.5. The number of methoxy groups -OCH3 is 1. The molecule has 0 aliphatic rings. The second-order valence-electron chi connectivity index (χ2n) is 4.00. The largest absolute Gasteiger partial charge is 0.464 e. The van der Waals surface area contributed by atoms with Crippen molar-refractivity contribution in [3.8, 4) is 0 Å². The summed E-state index contributed by atoms with van der Waals surface area (Å²) in [6, 6.07) is 5.94. The number of ether oxygens (including phenoxy) is 1. The molecular weight excluding hydrogens is 328 g/mol. The second kappa shape index (κ2) is 5.71. The number of benzene rings is 1. The lowest BCUT2D eigenvalue weighted by Crippen LogP contribution is -2.03. The fraction of sp³-hybridized carbons (Fsp3) is 0.231. The normalized spacial score (nSPS) is 10.3. The minimum atomic E-state index is -0.408. The first-order valence-electron chi connectivity index (χ1n) is 5.60. The zero-order chi connectivity index (χ0) is 14.0. The topological polar surface area (TPSA) is 51.2 Å². The molecule has 19 heavy (non-hydrogen) atoms. The van der Waals surface area contributed by atoms with Crippen molar-refractivity contribution in [1.29, 1.82) is 0 Å². The van der Waals surface area contributed by atoms with Crippen LogP contribution in [0.1, 0.15) is 20.9 Å². The van der Waals surface area contributed by atoms with Gasteiger partial charge in [0.2, 0.25) is 0 Å². The lowest BCUT2D eigenvalue weighted by atomic mass is 10.2. The number of carbonyl (C=O) groups is 1. The summed E-state index contributed by atoms with van der Waals surface area (Å²) < 4.78 is 5.72. The number of nitrogens with zero attached hydrogens (tertiary/aromatic N) is 1. The number of aromatic nitrogens is 1. The average Bonchev–Trinajstić information content (AvgIpc) is 2.73. The molecule has 0 aliphatic heterocycles. The van der Waals surface area contributed by atoms with Crippen molar-refractivity contribution >= 4 is 44.1 Å². The van der Waals surface area contributed by atoms with Gasteiger partial charge in [0.25, 0.3) is 0 Å². The van der Waals surface area contributed by atoms with Crippen molar-refractivity contribution in [1.82, 2.24) is 4.98 Å². The van der Waals surface area contributed by atoms with Gasteiger partial charge in [0.05, 0.1) is 7.11 Å². The van der Waals surface area contributed by atoms with Gasteiger partial charge >= 0.3 is 5.97 Å². The molecule has 0 saturated heterocycles. The van der Waals surface area contributed by atoms with Crippen molar-refractivity contribution in [2.45, 2.75) is 13.8 Å². The van der Waals surface area contributed by atoms with Gasteiger partial charge in [0, 0.05) is 15.0 Å². The number of hydrogen-bond acceptors (Lipinski definition) is 5. The summed E-state index contributed by atoms with van der Waals surface area (Å²) in [5.74, 6) is -0.408. The minimum absolute atomic E-state index is 0.366. The average molecular weight is 341 g/mol. The van der Waals surface area contributed by atoms with E-state index in [0.29, 0.717) is 10.8 Å². The molecule has 0 radical (unpaired) electrons. The number of anilines is 2. The van der Waals surface area contributed by atoms with E-state index in [-0.39, 0.29) is 0 Å². The maximum Gasteiger partial charge on any atom is 0.357 e. The fourth-order valence-corrected chi connectivity index (χ4v) is 2.91. The van der Waals surface area contributed by atoms with E-state index in [1.54, 1.807) is 0 Å². The van der Waals surface area contributed by atoms with Crippen LogP contribution in [0.5, 0.6) is 0 Å². The third-order valence-corrected chi connectivity index (χ3v) is 3.98. The highest BCUT2D eigenvalue weighted by Gasteiger charge is 2.16. The Kier molecular flexibility index (Phi) is 4.21. The molecule has 100 valence electrons. The Morgan fingerprint density at radius 1 is 1.42 bits per heavy atom. The van der Waals surface area contributed by atoms with Crippen molar-refractivity contribution in [3.63, 3.8) is 0 Å². The van der Waals surface area contributed by atoms with Crippen LogP contribution in [0.3, 0.4) is 0 Å². The fourth-order valence-electron chi connectivity index (χ4n) is 1.62. The van der Waals surface area contributed by atoms with E-state index in [0.717, 1.165) is 20.6 Å². The molecule has 1 aromatic carbocycles. The molecule has 0 atom stereocenters. The van der Waals surface area contributed by atoms with Gasteiger partial charge in [-0.15, -0.1) is 11.3 Å². The summed E-state index contributed by atoms with van der Waals surface area (Å²) in [5, 5.41) is 3.90. The first kappa shape index (κ1) is 14.0. The molecule has 1 N–H and O–H groups in total. The van der Waals surface area contributed by atoms with Crippen LogP contribution in [0.4, 0.5) is 10.8 Å². The smallest absolute Gasteiger partial charge is 0.357 e. The highest BCUT2D eigenvalue weighted by Crippen LogP contribution is 2.28. The van der Waals surface area contributed by atoms with E-state index in [1.807, 2.05) is 32.0 Å². The van der Waals surface area contributed by atoms with Crippen LogP contribution >= 0.6 is 27.3 Å². The van der Waals surface area contributed by atoms with E-state index < -0.39 is 5.97 Å². The Morgan fingerprint density at radius 2 is 2.16 bits per heavy atom. The number of hydrogen-bond donors (Lipinski definition) is 1. The van der Waals surface area contributed by atoms with Gasteiger partial charge in [-0.1, -0.05) is 15.9 Å². The third kappa shape index (κ3) is 3.13.